The number of fused-ring (bicyclic) bond motifs is 3. The lowest BCUT2D eigenvalue weighted by Gasteiger charge is -2.33. The minimum absolute atomic E-state index is 0.0909. The zero-order chi connectivity index (χ0) is 21.0. The highest BCUT2D eigenvalue weighted by atomic mass is 32.2. The first-order valence-corrected chi connectivity index (χ1v) is 12.7. The molecular weight excluding hydrogens is 400 g/mol. The number of hydrogen-bond donors (Lipinski definition) is 1. The van der Waals surface area contributed by atoms with Gasteiger partial charge in [0.1, 0.15) is 10.6 Å². The van der Waals surface area contributed by atoms with Crippen LogP contribution in [-0.4, -0.2) is 51.9 Å². The molecule has 2 aromatic rings. The summed E-state index contributed by atoms with van der Waals surface area (Å²) in [6, 6.07) is 0. The molecule has 5 nitrogen and oxygen atoms in total. The lowest BCUT2D eigenvalue weighted by atomic mass is 9.90. The van der Waals surface area contributed by atoms with Gasteiger partial charge in [-0.15, -0.1) is 11.3 Å². The molecule has 0 amide bonds. The number of anilines is 1. The largest absolute Gasteiger partial charge is 0.369 e. The molecule has 2 aromatic heterocycles. The third-order valence-electron chi connectivity index (χ3n) is 5.74. The quantitative estimate of drug-likeness (QED) is 0.298. The van der Waals surface area contributed by atoms with Crippen LogP contribution >= 0.6 is 23.1 Å². The molecule has 3 heterocycles. The van der Waals surface area contributed by atoms with E-state index in [2.05, 4.69) is 51.8 Å². The van der Waals surface area contributed by atoms with Crippen LogP contribution in [0.4, 0.5) is 5.82 Å². The van der Waals surface area contributed by atoms with Crippen LogP contribution in [0.15, 0.2) is 5.16 Å². The predicted octanol–water partition coefficient (Wildman–Crippen LogP) is 5.58. The average Bonchev–Trinajstić information content (AvgIpc) is 3.04. The summed E-state index contributed by atoms with van der Waals surface area (Å²) >= 11 is 3.51. The third-order valence-corrected chi connectivity index (χ3v) is 7.71. The van der Waals surface area contributed by atoms with E-state index in [1.165, 1.54) is 15.8 Å². The van der Waals surface area contributed by atoms with Gasteiger partial charge in [-0.1, -0.05) is 46.4 Å². The minimum Gasteiger partial charge on any atom is -0.369 e. The average molecular weight is 437 g/mol. The van der Waals surface area contributed by atoms with E-state index in [1.807, 2.05) is 0 Å². The molecule has 1 aliphatic heterocycles. The van der Waals surface area contributed by atoms with Gasteiger partial charge in [-0.05, 0) is 45.0 Å². The fourth-order valence-electron chi connectivity index (χ4n) is 3.72. The summed E-state index contributed by atoms with van der Waals surface area (Å²) in [7, 11) is 0. The predicted molar refractivity (Wildman–Crippen MR) is 126 cm³/mol. The summed E-state index contributed by atoms with van der Waals surface area (Å²) in [5, 5.41) is 6.22. The standard InChI is InChI=1S/C22H36N4OS2/c1-7-22(6)13-16-17(14-27-22)29-20-18(16)19(24-21(25-20)28-15(4)5)23-11-10-12-26(8-2)9-3/h15H,7-14H2,1-6H3,(H,23,24,25). The van der Waals surface area contributed by atoms with Crippen LogP contribution in [0.25, 0.3) is 10.2 Å². The Morgan fingerprint density at radius 3 is 2.66 bits per heavy atom. The van der Waals surface area contributed by atoms with E-state index in [4.69, 9.17) is 14.7 Å². The van der Waals surface area contributed by atoms with Gasteiger partial charge in [-0.25, -0.2) is 9.97 Å². The van der Waals surface area contributed by atoms with Gasteiger partial charge in [0.25, 0.3) is 0 Å². The lowest BCUT2D eigenvalue weighted by Crippen LogP contribution is -2.34. The topological polar surface area (TPSA) is 50.3 Å². The van der Waals surface area contributed by atoms with Crippen molar-refractivity contribution in [2.24, 2.45) is 0 Å². The first kappa shape index (κ1) is 22.8. The Kier molecular flexibility index (Phi) is 7.81. The van der Waals surface area contributed by atoms with E-state index in [1.54, 1.807) is 23.1 Å². The Hall–Kier alpha value is -0.890. The number of nitrogens with zero attached hydrogens (tertiary/aromatic N) is 3. The van der Waals surface area contributed by atoms with E-state index in [9.17, 15) is 0 Å². The summed E-state index contributed by atoms with van der Waals surface area (Å²) < 4.78 is 6.19. The van der Waals surface area contributed by atoms with E-state index >= 15 is 0 Å². The number of ether oxygens (including phenoxy) is 1. The summed E-state index contributed by atoms with van der Waals surface area (Å²) in [6.45, 7) is 18.2. The van der Waals surface area contributed by atoms with Crippen LogP contribution in [-0.2, 0) is 17.8 Å². The van der Waals surface area contributed by atoms with Gasteiger partial charge >= 0.3 is 0 Å². The van der Waals surface area contributed by atoms with Crippen molar-refractivity contribution < 1.29 is 4.74 Å². The van der Waals surface area contributed by atoms with Crippen LogP contribution in [0.5, 0.6) is 0 Å². The highest BCUT2D eigenvalue weighted by molar-refractivity contribution is 7.99. The minimum atomic E-state index is -0.0909. The number of thiophene rings is 1. The van der Waals surface area contributed by atoms with Gasteiger partial charge in [0.2, 0.25) is 0 Å². The Balaban J connectivity index is 1.89. The molecule has 0 radical (unpaired) electrons. The molecule has 3 rings (SSSR count). The second-order valence-corrected chi connectivity index (χ2v) is 10.9. The lowest BCUT2D eigenvalue weighted by molar-refractivity contribution is -0.0542. The first-order valence-electron chi connectivity index (χ1n) is 11.0. The number of aromatic nitrogens is 2. The van der Waals surface area contributed by atoms with Crippen molar-refractivity contribution in [3.05, 3.63) is 10.4 Å². The van der Waals surface area contributed by atoms with E-state index in [0.29, 0.717) is 11.9 Å². The second kappa shape index (κ2) is 9.94. The number of thioether (sulfide) groups is 1. The molecule has 1 aliphatic rings. The molecule has 162 valence electrons. The van der Waals surface area contributed by atoms with Crippen LogP contribution in [0.3, 0.4) is 0 Å². The Bertz CT molecular complexity index is 819. The van der Waals surface area contributed by atoms with Gasteiger partial charge in [-0.2, -0.15) is 0 Å². The molecule has 7 heteroatoms. The maximum atomic E-state index is 6.19. The van der Waals surface area contributed by atoms with Crippen LogP contribution in [0.2, 0.25) is 0 Å². The molecule has 0 aromatic carbocycles. The molecule has 0 aliphatic carbocycles. The monoisotopic (exact) mass is 436 g/mol. The Morgan fingerprint density at radius 1 is 1.24 bits per heavy atom. The van der Waals surface area contributed by atoms with Crippen LogP contribution in [0.1, 0.15) is 64.8 Å². The summed E-state index contributed by atoms with van der Waals surface area (Å²) in [6.07, 6.45) is 3.06. The smallest absolute Gasteiger partial charge is 0.191 e. The van der Waals surface area contributed by atoms with Crippen LogP contribution < -0.4 is 5.32 Å². The SMILES string of the molecule is CCN(CC)CCCNc1nc(SC(C)C)nc2sc3c(c12)CC(C)(CC)OC3. The van der Waals surface area contributed by atoms with E-state index in [0.717, 1.165) is 61.2 Å². The molecule has 1 N–H and O–H groups in total. The van der Waals surface area contributed by atoms with Gasteiger partial charge in [0.15, 0.2) is 5.16 Å². The van der Waals surface area contributed by atoms with Gasteiger partial charge in [0, 0.05) is 23.1 Å². The number of nitrogens with one attached hydrogen (secondary N) is 1. The van der Waals surface area contributed by atoms with Crippen LogP contribution in [0, 0.1) is 0 Å². The van der Waals surface area contributed by atoms with Gasteiger partial charge in [0.05, 0.1) is 17.6 Å². The maximum absolute atomic E-state index is 6.19. The molecule has 0 spiro atoms. The molecule has 0 fully saturated rings. The molecule has 0 saturated heterocycles. The van der Waals surface area contributed by atoms with Gasteiger partial charge < -0.3 is 15.0 Å². The molecule has 0 bridgehead atoms. The van der Waals surface area contributed by atoms with Crippen molar-refractivity contribution in [1.82, 2.24) is 14.9 Å². The number of rotatable bonds is 10. The van der Waals surface area contributed by atoms with Crippen molar-refractivity contribution in [3.8, 4) is 0 Å². The van der Waals surface area contributed by atoms with Gasteiger partial charge in [-0.3, -0.25) is 0 Å². The molecule has 29 heavy (non-hydrogen) atoms. The third kappa shape index (κ3) is 5.43. The molecular formula is C22H36N4OS2. The van der Waals surface area contributed by atoms with E-state index in [-0.39, 0.29) is 5.60 Å². The summed E-state index contributed by atoms with van der Waals surface area (Å²) in [4.78, 5) is 14.7. The first-order chi connectivity index (χ1) is 13.9. The molecule has 0 saturated carbocycles. The van der Waals surface area contributed by atoms with Crippen molar-refractivity contribution >= 4 is 39.1 Å². The van der Waals surface area contributed by atoms with Crippen molar-refractivity contribution in [3.63, 3.8) is 0 Å². The van der Waals surface area contributed by atoms with Crippen molar-refractivity contribution in [1.29, 1.82) is 0 Å². The zero-order valence-corrected chi connectivity index (χ0v) is 20.4. The fraction of sp³-hybridized carbons (Fsp3) is 0.727. The van der Waals surface area contributed by atoms with Crippen molar-refractivity contribution in [2.75, 3.05) is 31.5 Å². The second-order valence-electron chi connectivity index (χ2n) is 8.28. The zero-order valence-electron chi connectivity index (χ0n) is 18.8. The molecule has 1 atom stereocenters. The number of hydrogen-bond acceptors (Lipinski definition) is 7. The summed E-state index contributed by atoms with van der Waals surface area (Å²) in [5.74, 6) is 1.01. The summed E-state index contributed by atoms with van der Waals surface area (Å²) in [5.41, 5.74) is 1.31. The Labute approximate surface area is 184 Å². The van der Waals surface area contributed by atoms with E-state index < -0.39 is 0 Å². The van der Waals surface area contributed by atoms with Crippen molar-refractivity contribution in [2.45, 2.75) is 83.4 Å². The normalized spacial score (nSPS) is 19.3. The Morgan fingerprint density at radius 2 is 2.00 bits per heavy atom. The fourth-order valence-corrected chi connectivity index (χ4v) is 5.59. The molecule has 1 unspecified atom stereocenters. The highest BCUT2D eigenvalue weighted by Crippen LogP contribution is 2.42. The highest BCUT2D eigenvalue weighted by Gasteiger charge is 2.33. The maximum Gasteiger partial charge on any atom is 0.191 e.